The molecule has 1 amide bonds. The second kappa shape index (κ2) is 7.51. The quantitative estimate of drug-likeness (QED) is 0.729. The summed E-state index contributed by atoms with van der Waals surface area (Å²) in [5.74, 6) is -0.831. The molecule has 1 atom stereocenters. The molecule has 6 nitrogen and oxygen atoms in total. The van der Waals surface area contributed by atoms with Crippen molar-refractivity contribution in [1.82, 2.24) is 0 Å². The molecular weight excluding hydrogens is 300 g/mol. The molecule has 8 heteroatoms. The van der Waals surface area contributed by atoms with E-state index in [0.717, 1.165) is 11.8 Å². The molecule has 0 heterocycles. The average Bonchev–Trinajstić information content (AvgIpc) is 2.36. The van der Waals surface area contributed by atoms with E-state index in [2.05, 4.69) is 5.32 Å². The molecule has 0 radical (unpaired) electrons. The molecule has 1 aromatic carbocycles. The Morgan fingerprint density at radius 1 is 1.30 bits per heavy atom. The van der Waals surface area contributed by atoms with E-state index in [-0.39, 0.29) is 17.3 Å². The SMILES string of the molecule is CS(=O)(=O)CCS(=O)CC(=O)Nc1ccc(CN)cc1. The third kappa shape index (κ3) is 6.78. The fourth-order valence-corrected chi connectivity index (χ4v) is 3.85. The van der Waals surface area contributed by atoms with Gasteiger partial charge in [0.05, 0.1) is 5.75 Å². The maximum absolute atomic E-state index is 11.6. The number of hydrogen-bond donors (Lipinski definition) is 2. The second-order valence-corrected chi connectivity index (χ2v) is 8.20. The lowest BCUT2D eigenvalue weighted by atomic mass is 10.2. The number of anilines is 1. The van der Waals surface area contributed by atoms with Crippen LogP contribution in [0.1, 0.15) is 5.56 Å². The minimum atomic E-state index is -3.16. The van der Waals surface area contributed by atoms with Gasteiger partial charge < -0.3 is 11.1 Å². The van der Waals surface area contributed by atoms with Crippen LogP contribution in [-0.4, -0.2) is 42.0 Å². The van der Waals surface area contributed by atoms with Crippen molar-refractivity contribution < 1.29 is 17.4 Å². The van der Waals surface area contributed by atoms with Gasteiger partial charge in [-0.2, -0.15) is 0 Å². The van der Waals surface area contributed by atoms with Gasteiger partial charge >= 0.3 is 0 Å². The lowest BCUT2D eigenvalue weighted by Crippen LogP contribution is -2.23. The first-order valence-electron chi connectivity index (χ1n) is 5.92. The van der Waals surface area contributed by atoms with E-state index in [9.17, 15) is 17.4 Å². The van der Waals surface area contributed by atoms with Crippen LogP contribution in [0.4, 0.5) is 5.69 Å². The molecule has 0 aliphatic rings. The zero-order valence-electron chi connectivity index (χ0n) is 11.2. The number of sulfone groups is 1. The van der Waals surface area contributed by atoms with E-state index in [1.54, 1.807) is 24.3 Å². The lowest BCUT2D eigenvalue weighted by molar-refractivity contribution is -0.113. The van der Waals surface area contributed by atoms with E-state index < -0.39 is 26.5 Å². The van der Waals surface area contributed by atoms with Gasteiger partial charge in [0.15, 0.2) is 0 Å². The zero-order chi connectivity index (χ0) is 15.2. The molecule has 20 heavy (non-hydrogen) atoms. The molecule has 0 bridgehead atoms. The monoisotopic (exact) mass is 318 g/mol. The average molecular weight is 318 g/mol. The fourth-order valence-electron chi connectivity index (χ4n) is 1.38. The van der Waals surface area contributed by atoms with Gasteiger partial charge in [0.1, 0.15) is 15.6 Å². The first-order chi connectivity index (χ1) is 9.30. The molecular formula is C12H18N2O4S2. The zero-order valence-corrected chi connectivity index (χ0v) is 12.8. The number of amides is 1. The summed E-state index contributed by atoms with van der Waals surface area (Å²) >= 11 is 0. The largest absolute Gasteiger partial charge is 0.326 e. The predicted molar refractivity (Wildman–Crippen MR) is 80.6 cm³/mol. The highest BCUT2D eigenvalue weighted by molar-refractivity contribution is 7.92. The van der Waals surface area contributed by atoms with Crippen molar-refractivity contribution in [2.75, 3.05) is 28.8 Å². The normalized spacial score (nSPS) is 12.9. The van der Waals surface area contributed by atoms with Crippen molar-refractivity contribution in [3.63, 3.8) is 0 Å². The summed E-state index contributed by atoms with van der Waals surface area (Å²) < 4.78 is 33.4. The summed E-state index contributed by atoms with van der Waals surface area (Å²) in [7, 11) is -4.65. The molecule has 0 saturated heterocycles. The molecule has 3 N–H and O–H groups in total. The molecule has 1 unspecified atom stereocenters. The van der Waals surface area contributed by atoms with E-state index in [0.29, 0.717) is 12.2 Å². The van der Waals surface area contributed by atoms with Crippen molar-refractivity contribution in [3.05, 3.63) is 29.8 Å². The van der Waals surface area contributed by atoms with Crippen molar-refractivity contribution in [1.29, 1.82) is 0 Å². The van der Waals surface area contributed by atoms with E-state index in [1.165, 1.54) is 0 Å². The van der Waals surface area contributed by atoms with Crippen LogP contribution in [0, 0.1) is 0 Å². The van der Waals surface area contributed by atoms with Crippen LogP contribution >= 0.6 is 0 Å². The highest BCUT2D eigenvalue weighted by Crippen LogP contribution is 2.09. The van der Waals surface area contributed by atoms with Crippen molar-refractivity contribution >= 4 is 32.2 Å². The van der Waals surface area contributed by atoms with Crippen LogP contribution in [0.5, 0.6) is 0 Å². The molecule has 0 aliphatic heterocycles. The molecule has 0 fully saturated rings. The van der Waals surface area contributed by atoms with Gasteiger partial charge in [-0.3, -0.25) is 9.00 Å². The van der Waals surface area contributed by atoms with E-state index >= 15 is 0 Å². The van der Waals surface area contributed by atoms with Gasteiger partial charge in [-0.05, 0) is 17.7 Å². The standard InChI is InChI=1S/C12H18N2O4S2/c1-20(17,18)7-6-19(16)9-12(15)14-11-4-2-10(8-13)3-5-11/h2-5H,6-9,13H2,1H3,(H,14,15). The van der Waals surface area contributed by atoms with Crippen molar-refractivity contribution in [3.8, 4) is 0 Å². The highest BCUT2D eigenvalue weighted by atomic mass is 32.2. The van der Waals surface area contributed by atoms with Gasteiger partial charge in [0.2, 0.25) is 5.91 Å². The number of carbonyl (C=O) groups excluding carboxylic acids is 1. The minimum absolute atomic E-state index is 0.0294. The van der Waals surface area contributed by atoms with Gasteiger partial charge in [0, 0.05) is 35.0 Å². The van der Waals surface area contributed by atoms with Crippen LogP contribution in [0.15, 0.2) is 24.3 Å². The molecule has 0 aliphatic carbocycles. The Morgan fingerprint density at radius 2 is 1.90 bits per heavy atom. The first kappa shape index (κ1) is 16.8. The number of nitrogens with two attached hydrogens (primary N) is 1. The predicted octanol–water partition coefficient (Wildman–Crippen LogP) is -0.123. The number of carbonyl (C=O) groups is 1. The van der Waals surface area contributed by atoms with Crippen LogP contribution in [0.25, 0.3) is 0 Å². The third-order valence-corrected chi connectivity index (χ3v) is 4.90. The Morgan fingerprint density at radius 3 is 2.40 bits per heavy atom. The molecule has 0 saturated carbocycles. The van der Waals surface area contributed by atoms with Gasteiger partial charge in [-0.1, -0.05) is 12.1 Å². The minimum Gasteiger partial charge on any atom is -0.326 e. The maximum atomic E-state index is 11.6. The van der Waals surface area contributed by atoms with Crippen LogP contribution in [0.2, 0.25) is 0 Å². The first-order valence-corrected chi connectivity index (χ1v) is 9.46. The number of benzene rings is 1. The van der Waals surface area contributed by atoms with Crippen molar-refractivity contribution in [2.45, 2.75) is 6.54 Å². The molecule has 0 aromatic heterocycles. The topological polar surface area (TPSA) is 106 Å². The summed E-state index contributed by atoms with van der Waals surface area (Å²) in [6, 6.07) is 6.99. The van der Waals surface area contributed by atoms with Gasteiger partial charge in [-0.25, -0.2) is 8.42 Å². The van der Waals surface area contributed by atoms with Crippen molar-refractivity contribution in [2.24, 2.45) is 5.73 Å². The van der Waals surface area contributed by atoms with Gasteiger partial charge in [0.25, 0.3) is 0 Å². The van der Waals surface area contributed by atoms with Crippen LogP contribution < -0.4 is 11.1 Å². The maximum Gasteiger partial charge on any atom is 0.236 e. The Balaban J connectivity index is 2.44. The molecule has 1 rings (SSSR count). The summed E-state index contributed by atoms with van der Waals surface area (Å²) in [4.78, 5) is 11.6. The molecule has 0 spiro atoms. The Hall–Kier alpha value is -1.25. The smallest absolute Gasteiger partial charge is 0.236 e. The van der Waals surface area contributed by atoms with Crippen LogP contribution in [0.3, 0.4) is 0 Å². The number of hydrogen-bond acceptors (Lipinski definition) is 5. The summed E-state index contributed by atoms with van der Waals surface area (Å²) in [5, 5.41) is 2.60. The number of nitrogens with one attached hydrogen (secondary N) is 1. The summed E-state index contributed by atoms with van der Waals surface area (Å²) in [6.07, 6.45) is 1.07. The summed E-state index contributed by atoms with van der Waals surface area (Å²) in [6.45, 7) is 0.420. The van der Waals surface area contributed by atoms with Crippen LogP contribution in [-0.2, 0) is 32.0 Å². The lowest BCUT2D eigenvalue weighted by Gasteiger charge is -2.06. The molecule has 1 aromatic rings. The third-order valence-electron chi connectivity index (χ3n) is 2.45. The van der Waals surface area contributed by atoms with E-state index in [1.807, 2.05) is 0 Å². The van der Waals surface area contributed by atoms with Gasteiger partial charge in [-0.15, -0.1) is 0 Å². The summed E-state index contributed by atoms with van der Waals surface area (Å²) in [5.41, 5.74) is 6.99. The number of rotatable bonds is 7. The highest BCUT2D eigenvalue weighted by Gasteiger charge is 2.11. The Bertz CT molecular complexity index is 582. The van der Waals surface area contributed by atoms with E-state index in [4.69, 9.17) is 5.73 Å². The Labute approximate surface area is 121 Å². The second-order valence-electron chi connectivity index (χ2n) is 4.37. The Kier molecular flexibility index (Phi) is 6.31. The fraction of sp³-hybridized carbons (Fsp3) is 0.417. The molecule has 112 valence electrons.